The van der Waals surface area contributed by atoms with E-state index in [4.69, 9.17) is 26.2 Å². The van der Waals surface area contributed by atoms with E-state index in [2.05, 4.69) is 51.5 Å². The van der Waals surface area contributed by atoms with Crippen molar-refractivity contribution in [3.8, 4) is 17.1 Å². The Morgan fingerprint density at radius 1 is 1.21 bits per heavy atom. The van der Waals surface area contributed by atoms with Gasteiger partial charge in [-0.05, 0) is 71.7 Å². The number of rotatable bonds is 6. The molecule has 1 unspecified atom stereocenters. The zero-order chi connectivity index (χ0) is 27.4. The molecule has 0 amide bonds. The molecule has 4 N–H and O–H groups in total. The van der Waals surface area contributed by atoms with Crippen molar-refractivity contribution < 1.29 is 4.74 Å². The number of likely N-dealkylation sites (tertiary alicyclic amines) is 1. The fourth-order valence-electron chi connectivity index (χ4n) is 5.27. The van der Waals surface area contributed by atoms with Crippen LogP contribution in [0.15, 0.2) is 45.6 Å². The van der Waals surface area contributed by atoms with E-state index in [-0.39, 0.29) is 6.04 Å². The van der Waals surface area contributed by atoms with Gasteiger partial charge < -0.3 is 25.7 Å². The van der Waals surface area contributed by atoms with Crippen LogP contribution in [0.25, 0.3) is 17.0 Å². The molecule has 2 aliphatic heterocycles. The number of nitrogens with two attached hydrogens (primary N) is 2. The molecule has 2 aromatic rings. The van der Waals surface area contributed by atoms with E-state index in [0.29, 0.717) is 42.5 Å². The van der Waals surface area contributed by atoms with Crippen LogP contribution in [0, 0.1) is 5.92 Å². The zero-order valence-corrected chi connectivity index (χ0v) is 23.6. The van der Waals surface area contributed by atoms with Gasteiger partial charge in [0.15, 0.2) is 5.84 Å². The van der Waals surface area contributed by atoms with Crippen molar-refractivity contribution in [2.24, 2.45) is 32.4 Å². The molecule has 3 heterocycles. The first-order chi connectivity index (χ1) is 18.2. The van der Waals surface area contributed by atoms with Gasteiger partial charge in [-0.1, -0.05) is 6.07 Å². The lowest BCUT2D eigenvalue weighted by Gasteiger charge is -2.36. The maximum absolute atomic E-state index is 6.23. The number of piperidine rings is 1. The molecular weight excluding hydrogens is 476 g/mol. The minimum atomic E-state index is 0.0699. The highest BCUT2D eigenvalue weighted by Gasteiger charge is 2.28. The molecule has 1 saturated heterocycles. The quantitative estimate of drug-likeness (QED) is 0.443. The first-order valence-corrected chi connectivity index (χ1v) is 13.6. The molecule has 4 rings (SSSR count). The minimum absolute atomic E-state index is 0.0699. The molecule has 38 heavy (non-hydrogen) atoms. The number of aromatic nitrogens is 2. The number of aliphatic imine (C=N–C) groups is 3. The van der Waals surface area contributed by atoms with E-state index >= 15 is 0 Å². The summed E-state index contributed by atoms with van der Waals surface area (Å²) in [5.74, 6) is 2.94. The van der Waals surface area contributed by atoms with Crippen LogP contribution < -0.4 is 16.2 Å². The standard InChI is InChI=1S/C29H42N8O/c1-18(2)33-28(34-20(5)31)25-17-37-12-13-38-26-14-21(9-10-23(26)29(37)35-25)24(15-30)27(32-6)22-8-7-11-36(16-22)19(3)4/h9-10,14-15,17-19,22H,7-8,11-13,16,30H2,1-6H3,(H2,31,33,34). The van der Waals surface area contributed by atoms with E-state index in [1.807, 2.05) is 27.1 Å². The molecule has 0 saturated carbocycles. The minimum Gasteiger partial charge on any atom is -0.491 e. The smallest absolute Gasteiger partial charge is 0.177 e. The molecule has 1 aromatic heterocycles. The van der Waals surface area contributed by atoms with E-state index in [1.54, 1.807) is 13.1 Å². The SMILES string of the molecule is CN=C(C(=CN)c1ccc2c(c1)OCCn1cc(C(N=C(C)N)=NC(C)C)nc1-2)C1CCCN(C(C)C)C1. The molecule has 1 atom stereocenters. The Hall–Kier alpha value is -3.46. The van der Waals surface area contributed by atoms with Crippen LogP contribution in [0.1, 0.15) is 58.7 Å². The van der Waals surface area contributed by atoms with Gasteiger partial charge in [-0.3, -0.25) is 9.98 Å². The average molecular weight is 519 g/mol. The Balaban J connectivity index is 1.69. The molecule has 2 aliphatic rings. The maximum Gasteiger partial charge on any atom is 0.177 e. The van der Waals surface area contributed by atoms with Crippen LogP contribution in [-0.2, 0) is 6.54 Å². The monoisotopic (exact) mass is 518 g/mol. The molecule has 0 radical (unpaired) electrons. The summed E-state index contributed by atoms with van der Waals surface area (Å²) in [4.78, 5) is 21.3. The highest BCUT2D eigenvalue weighted by atomic mass is 16.5. The van der Waals surface area contributed by atoms with E-state index in [0.717, 1.165) is 59.9 Å². The number of hydrogen-bond donors (Lipinski definition) is 2. The second kappa shape index (κ2) is 11.9. The van der Waals surface area contributed by atoms with Crippen molar-refractivity contribution in [1.82, 2.24) is 14.5 Å². The molecule has 0 bridgehead atoms. The summed E-state index contributed by atoms with van der Waals surface area (Å²) in [6.07, 6.45) is 5.94. The van der Waals surface area contributed by atoms with E-state index in [1.165, 1.54) is 0 Å². The molecule has 1 fully saturated rings. The second-order valence-electron chi connectivity index (χ2n) is 10.6. The lowest BCUT2D eigenvalue weighted by Crippen LogP contribution is -2.42. The number of fused-ring (bicyclic) bond motifs is 3. The van der Waals surface area contributed by atoms with Gasteiger partial charge in [0.25, 0.3) is 0 Å². The van der Waals surface area contributed by atoms with Crippen LogP contribution >= 0.6 is 0 Å². The van der Waals surface area contributed by atoms with Crippen molar-refractivity contribution in [3.63, 3.8) is 0 Å². The van der Waals surface area contributed by atoms with Crippen LogP contribution in [-0.4, -0.2) is 70.7 Å². The van der Waals surface area contributed by atoms with Gasteiger partial charge in [-0.15, -0.1) is 0 Å². The average Bonchev–Trinajstić information content (AvgIpc) is 3.22. The van der Waals surface area contributed by atoms with Crippen LogP contribution in [0.2, 0.25) is 0 Å². The Morgan fingerprint density at radius 3 is 2.66 bits per heavy atom. The molecule has 9 nitrogen and oxygen atoms in total. The molecule has 9 heteroatoms. The summed E-state index contributed by atoms with van der Waals surface area (Å²) >= 11 is 0. The third kappa shape index (κ3) is 5.99. The first-order valence-electron chi connectivity index (χ1n) is 13.6. The molecule has 0 spiro atoms. The Kier molecular flexibility index (Phi) is 8.66. The van der Waals surface area contributed by atoms with Gasteiger partial charge in [0.1, 0.15) is 23.9 Å². The van der Waals surface area contributed by atoms with Crippen LogP contribution in [0.5, 0.6) is 5.75 Å². The van der Waals surface area contributed by atoms with Gasteiger partial charge in [-0.25, -0.2) is 9.98 Å². The molecular formula is C29H42N8O. The summed E-state index contributed by atoms with van der Waals surface area (Å²) in [6, 6.07) is 6.80. The van der Waals surface area contributed by atoms with Crippen molar-refractivity contribution >= 4 is 23.0 Å². The topological polar surface area (TPSA) is 119 Å². The normalized spacial score (nSPS) is 19.8. The van der Waals surface area contributed by atoms with Gasteiger partial charge >= 0.3 is 0 Å². The van der Waals surface area contributed by atoms with Crippen molar-refractivity contribution in [3.05, 3.63) is 41.9 Å². The van der Waals surface area contributed by atoms with Gasteiger partial charge in [-0.2, -0.15) is 0 Å². The number of nitrogens with zero attached hydrogens (tertiary/aromatic N) is 6. The number of allylic oxidation sites excluding steroid dienone is 1. The number of ether oxygens (including phenoxy) is 1. The lowest BCUT2D eigenvalue weighted by molar-refractivity contribution is 0.165. The number of hydrogen-bond acceptors (Lipinski definition) is 6. The number of amidine groups is 2. The summed E-state index contributed by atoms with van der Waals surface area (Å²) in [5.41, 5.74) is 16.8. The van der Waals surface area contributed by atoms with Crippen LogP contribution in [0.4, 0.5) is 0 Å². The van der Waals surface area contributed by atoms with Gasteiger partial charge in [0.05, 0.1) is 17.9 Å². The van der Waals surface area contributed by atoms with Crippen molar-refractivity contribution in [1.29, 1.82) is 0 Å². The van der Waals surface area contributed by atoms with Crippen molar-refractivity contribution in [2.45, 2.75) is 66.1 Å². The summed E-state index contributed by atoms with van der Waals surface area (Å²) < 4.78 is 8.30. The molecule has 204 valence electrons. The highest BCUT2D eigenvalue weighted by molar-refractivity contribution is 6.25. The largest absolute Gasteiger partial charge is 0.491 e. The van der Waals surface area contributed by atoms with Gasteiger partial charge in [0.2, 0.25) is 0 Å². The third-order valence-electron chi connectivity index (χ3n) is 7.04. The summed E-state index contributed by atoms with van der Waals surface area (Å²) in [5, 5.41) is 0. The Morgan fingerprint density at radius 2 is 2.00 bits per heavy atom. The highest BCUT2D eigenvalue weighted by Crippen LogP contribution is 2.36. The third-order valence-corrected chi connectivity index (χ3v) is 7.04. The predicted molar refractivity (Wildman–Crippen MR) is 157 cm³/mol. The fraction of sp³-hybridized carbons (Fsp3) is 0.517. The van der Waals surface area contributed by atoms with Gasteiger partial charge in [0, 0.05) is 55.3 Å². The predicted octanol–water partition coefficient (Wildman–Crippen LogP) is 3.97. The maximum atomic E-state index is 6.23. The summed E-state index contributed by atoms with van der Waals surface area (Å²) in [7, 11) is 1.87. The van der Waals surface area contributed by atoms with Crippen LogP contribution in [0.3, 0.4) is 0 Å². The lowest BCUT2D eigenvalue weighted by atomic mass is 9.86. The second-order valence-corrected chi connectivity index (χ2v) is 10.6. The van der Waals surface area contributed by atoms with Crippen molar-refractivity contribution in [2.75, 3.05) is 26.7 Å². The zero-order valence-electron chi connectivity index (χ0n) is 23.6. The number of imidazole rings is 1. The molecule has 1 aromatic carbocycles. The fourth-order valence-corrected chi connectivity index (χ4v) is 5.27. The number of benzene rings is 1. The Bertz CT molecular complexity index is 1260. The first kappa shape index (κ1) is 27.6. The Labute approximate surface area is 226 Å². The van der Waals surface area contributed by atoms with E-state index in [9.17, 15) is 0 Å². The van der Waals surface area contributed by atoms with E-state index < -0.39 is 0 Å². The molecule has 0 aliphatic carbocycles. The summed E-state index contributed by atoms with van der Waals surface area (Å²) in [6.45, 7) is 13.6.